The van der Waals surface area contributed by atoms with Crippen LogP contribution in [0, 0.1) is 0 Å². The number of hydrogen-bond donors (Lipinski definition) is 2. The third kappa shape index (κ3) is 2.64. The Balaban J connectivity index is 2.12. The summed E-state index contributed by atoms with van der Waals surface area (Å²) in [4.78, 5) is 2.58. The Kier molecular flexibility index (Phi) is 3.64. The van der Waals surface area contributed by atoms with Gasteiger partial charge in [-0.3, -0.25) is 11.3 Å². The van der Waals surface area contributed by atoms with Crippen LogP contribution in [-0.4, -0.2) is 20.2 Å². The predicted molar refractivity (Wildman–Crippen MR) is 64.6 cm³/mol. The fraction of sp³-hybridized carbons (Fsp3) is 0.375. The van der Waals surface area contributed by atoms with Gasteiger partial charge in [-0.2, -0.15) is 4.80 Å². The van der Waals surface area contributed by atoms with Crippen LogP contribution in [0.25, 0.3) is 0 Å². The van der Waals surface area contributed by atoms with Crippen LogP contribution < -0.4 is 11.3 Å². The van der Waals surface area contributed by atoms with E-state index in [1.54, 1.807) is 18.4 Å². The summed E-state index contributed by atoms with van der Waals surface area (Å²) in [5.74, 6) is 6.20. The van der Waals surface area contributed by atoms with Gasteiger partial charge in [0.05, 0.1) is 16.9 Å². The second kappa shape index (κ2) is 5.00. The van der Waals surface area contributed by atoms with Gasteiger partial charge in [-0.05, 0) is 33.3 Å². The van der Waals surface area contributed by atoms with Crippen LogP contribution in [0.15, 0.2) is 15.9 Å². The van der Waals surface area contributed by atoms with Gasteiger partial charge in [-0.15, -0.1) is 21.5 Å². The van der Waals surface area contributed by atoms with Crippen LogP contribution in [0.4, 0.5) is 0 Å². The van der Waals surface area contributed by atoms with Crippen LogP contribution in [0.5, 0.6) is 0 Å². The molecule has 2 rings (SSSR count). The zero-order chi connectivity index (χ0) is 11.5. The molecule has 1 unspecified atom stereocenters. The molecule has 0 fully saturated rings. The third-order valence-corrected chi connectivity index (χ3v) is 3.81. The summed E-state index contributed by atoms with van der Waals surface area (Å²) < 4.78 is 1.08. The molecule has 2 aromatic heterocycles. The molecule has 0 amide bonds. The molecular weight excluding hydrogens is 292 g/mol. The molecule has 2 heterocycles. The van der Waals surface area contributed by atoms with Crippen molar-refractivity contribution >= 4 is 27.3 Å². The first-order valence-corrected chi connectivity index (χ1v) is 6.24. The highest BCUT2D eigenvalue weighted by atomic mass is 79.9. The largest absolute Gasteiger partial charge is 0.271 e. The van der Waals surface area contributed by atoms with Crippen molar-refractivity contribution in [2.24, 2.45) is 12.9 Å². The minimum atomic E-state index is 0.0144. The second-order valence-electron chi connectivity index (χ2n) is 3.26. The average Bonchev–Trinajstić information content (AvgIpc) is 2.84. The second-order valence-corrected chi connectivity index (χ2v) is 5.75. The van der Waals surface area contributed by atoms with Crippen LogP contribution in [0.1, 0.15) is 16.7 Å². The quantitative estimate of drug-likeness (QED) is 0.644. The van der Waals surface area contributed by atoms with Crippen LogP contribution >= 0.6 is 27.3 Å². The number of thiophene rings is 1. The molecule has 0 aliphatic heterocycles. The van der Waals surface area contributed by atoms with Crippen LogP contribution in [0.3, 0.4) is 0 Å². The van der Waals surface area contributed by atoms with Gasteiger partial charge in [0.15, 0.2) is 5.82 Å². The highest BCUT2D eigenvalue weighted by Crippen LogP contribution is 2.28. The minimum Gasteiger partial charge on any atom is -0.271 e. The Morgan fingerprint density at radius 1 is 1.62 bits per heavy atom. The number of hydrogen-bond acceptors (Lipinski definition) is 6. The first-order valence-electron chi connectivity index (χ1n) is 4.63. The first-order chi connectivity index (χ1) is 7.69. The van der Waals surface area contributed by atoms with Gasteiger partial charge in [0, 0.05) is 11.3 Å². The van der Waals surface area contributed by atoms with E-state index in [0.29, 0.717) is 12.2 Å². The number of nitrogens with zero attached hydrogens (tertiary/aromatic N) is 4. The van der Waals surface area contributed by atoms with E-state index in [-0.39, 0.29) is 6.04 Å². The maximum absolute atomic E-state index is 5.53. The van der Waals surface area contributed by atoms with Gasteiger partial charge in [-0.1, -0.05) is 0 Å². The van der Waals surface area contributed by atoms with E-state index in [1.165, 1.54) is 4.80 Å². The highest BCUT2D eigenvalue weighted by molar-refractivity contribution is 9.11. The molecule has 0 spiro atoms. The highest BCUT2D eigenvalue weighted by Gasteiger charge is 2.15. The lowest BCUT2D eigenvalue weighted by molar-refractivity contribution is 0.544. The molecule has 86 valence electrons. The summed E-state index contributed by atoms with van der Waals surface area (Å²) >= 11 is 5.06. The van der Waals surface area contributed by atoms with Crippen molar-refractivity contribution in [1.82, 2.24) is 25.6 Å². The number of tetrazole rings is 1. The number of hydrazine groups is 1. The molecule has 0 aliphatic carbocycles. The topological polar surface area (TPSA) is 81.7 Å². The number of aromatic nitrogens is 4. The van der Waals surface area contributed by atoms with E-state index in [9.17, 15) is 0 Å². The molecule has 0 aliphatic rings. The Hall–Kier alpha value is -0.830. The molecule has 1 atom stereocenters. The van der Waals surface area contributed by atoms with Gasteiger partial charge in [0.2, 0.25) is 0 Å². The normalized spacial score (nSPS) is 12.9. The molecule has 16 heavy (non-hydrogen) atoms. The number of halogens is 1. The third-order valence-electron chi connectivity index (χ3n) is 2.08. The van der Waals surface area contributed by atoms with Gasteiger partial charge in [-0.25, -0.2) is 0 Å². The first kappa shape index (κ1) is 11.6. The standard InChI is InChI=1S/C8H11BrN6S/c1-15-13-8(12-14-15)4-5(11-10)6-2-3-7(9)16-6/h2-3,5,11H,4,10H2,1H3. The van der Waals surface area contributed by atoms with E-state index in [4.69, 9.17) is 5.84 Å². The molecule has 0 radical (unpaired) electrons. The van der Waals surface area contributed by atoms with Crippen molar-refractivity contribution in [2.75, 3.05) is 0 Å². The molecule has 6 nitrogen and oxygen atoms in total. The van der Waals surface area contributed by atoms with Gasteiger partial charge in [0.1, 0.15) is 0 Å². The average molecular weight is 303 g/mol. The van der Waals surface area contributed by atoms with Crippen molar-refractivity contribution in [3.05, 3.63) is 26.6 Å². The zero-order valence-electron chi connectivity index (χ0n) is 8.59. The number of aryl methyl sites for hydroxylation is 1. The van der Waals surface area contributed by atoms with E-state index in [2.05, 4.69) is 36.8 Å². The minimum absolute atomic E-state index is 0.0144. The fourth-order valence-electron chi connectivity index (χ4n) is 1.34. The lowest BCUT2D eigenvalue weighted by Gasteiger charge is -2.11. The Labute approximate surface area is 105 Å². The van der Waals surface area contributed by atoms with Crippen molar-refractivity contribution in [3.63, 3.8) is 0 Å². The SMILES string of the molecule is Cn1nnc(CC(NN)c2ccc(Br)s2)n1. The van der Waals surface area contributed by atoms with Crippen molar-refractivity contribution < 1.29 is 0 Å². The smallest absolute Gasteiger partial charge is 0.176 e. The maximum atomic E-state index is 5.53. The lowest BCUT2D eigenvalue weighted by atomic mass is 10.2. The van der Waals surface area contributed by atoms with E-state index in [0.717, 1.165) is 8.66 Å². The molecular formula is C8H11BrN6S. The van der Waals surface area contributed by atoms with E-state index < -0.39 is 0 Å². The molecule has 0 aromatic carbocycles. The van der Waals surface area contributed by atoms with Gasteiger partial charge >= 0.3 is 0 Å². The molecule has 2 aromatic rings. The zero-order valence-corrected chi connectivity index (χ0v) is 11.0. The fourth-order valence-corrected chi connectivity index (χ4v) is 2.83. The lowest BCUT2D eigenvalue weighted by Crippen LogP contribution is -2.29. The van der Waals surface area contributed by atoms with Crippen molar-refractivity contribution in [3.8, 4) is 0 Å². The number of rotatable bonds is 4. The predicted octanol–water partition coefficient (Wildman–Crippen LogP) is 0.781. The van der Waals surface area contributed by atoms with Gasteiger partial charge in [0.25, 0.3) is 0 Å². The molecule has 0 saturated carbocycles. The Morgan fingerprint density at radius 2 is 2.44 bits per heavy atom. The van der Waals surface area contributed by atoms with Crippen LogP contribution in [0.2, 0.25) is 0 Å². The summed E-state index contributed by atoms with van der Waals surface area (Å²) in [6, 6.07) is 4.03. The van der Waals surface area contributed by atoms with E-state index >= 15 is 0 Å². The summed E-state index contributed by atoms with van der Waals surface area (Å²) in [6.45, 7) is 0. The monoisotopic (exact) mass is 302 g/mol. The Bertz CT molecular complexity index is 467. The summed E-state index contributed by atoms with van der Waals surface area (Å²) in [7, 11) is 1.74. The summed E-state index contributed by atoms with van der Waals surface area (Å²) in [6.07, 6.45) is 0.622. The summed E-state index contributed by atoms with van der Waals surface area (Å²) in [5, 5.41) is 11.8. The summed E-state index contributed by atoms with van der Waals surface area (Å²) in [5.41, 5.74) is 2.76. The van der Waals surface area contributed by atoms with Gasteiger partial charge < -0.3 is 0 Å². The molecule has 8 heteroatoms. The maximum Gasteiger partial charge on any atom is 0.176 e. The van der Waals surface area contributed by atoms with Crippen molar-refractivity contribution in [1.29, 1.82) is 0 Å². The van der Waals surface area contributed by atoms with Crippen LogP contribution in [-0.2, 0) is 13.5 Å². The van der Waals surface area contributed by atoms with Crippen molar-refractivity contribution in [2.45, 2.75) is 12.5 Å². The number of nitrogens with one attached hydrogen (secondary N) is 1. The Morgan fingerprint density at radius 3 is 2.94 bits per heavy atom. The molecule has 3 N–H and O–H groups in total. The van der Waals surface area contributed by atoms with E-state index in [1.807, 2.05) is 12.1 Å². The number of nitrogens with two attached hydrogens (primary N) is 1. The molecule has 0 saturated heterocycles. The molecule has 0 bridgehead atoms.